The van der Waals surface area contributed by atoms with E-state index in [1.165, 1.54) is 17.8 Å². The van der Waals surface area contributed by atoms with Crippen molar-refractivity contribution < 1.29 is 8.42 Å². The SMILES string of the molecule is CC(CS(C)(=O)=O)Nc1nc(C(C)C)ns1. The smallest absolute Gasteiger partial charge is 0.202 e. The van der Waals surface area contributed by atoms with Crippen LogP contribution in [0.25, 0.3) is 0 Å². The maximum Gasteiger partial charge on any atom is 0.202 e. The minimum atomic E-state index is -2.96. The zero-order chi connectivity index (χ0) is 12.3. The lowest BCUT2D eigenvalue weighted by Crippen LogP contribution is -2.24. The van der Waals surface area contributed by atoms with Crippen LogP contribution in [0.4, 0.5) is 5.13 Å². The maximum atomic E-state index is 11.1. The van der Waals surface area contributed by atoms with E-state index in [1.807, 2.05) is 20.8 Å². The van der Waals surface area contributed by atoms with Crippen LogP contribution in [-0.2, 0) is 9.84 Å². The quantitative estimate of drug-likeness (QED) is 0.871. The van der Waals surface area contributed by atoms with Crippen LogP contribution in [0.5, 0.6) is 0 Å². The van der Waals surface area contributed by atoms with Crippen molar-refractivity contribution in [3.63, 3.8) is 0 Å². The number of hydrogen-bond donors (Lipinski definition) is 1. The predicted octanol–water partition coefficient (Wildman–Crippen LogP) is 1.51. The second-order valence-corrected chi connectivity index (χ2v) is 7.19. The van der Waals surface area contributed by atoms with E-state index < -0.39 is 9.84 Å². The number of nitrogens with one attached hydrogen (secondary N) is 1. The van der Waals surface area contributed by atoms with Gasteiger partial charge in [0.15, 0.2) is 0 Å². The molecule has 7 heteroatoms. The Hall–Kier alpha value is -0.690. The lowest BCUT2D eigenvalue weighted by molar-refractivity contribution is 0.598. The molecule has 1 atom stereocenters. The molecule has 92 valence electrons. The van der Waals surface area contributed by atoms with Crippen molar-refractivity contribution in [2.45, 2.75) is 32.7 Å². The molecule has 1 heterocycles. The summed E-state index contributed by atoms with van der Waals surface area (Å²) in [6, 6.07) is -0.150. The van der Waals surface area contributed by atoms with Crippen molar-refractivity contribution >= 4 is 26.5 Å². The van der Waals surface area contributed by atoms with E-state index in [1.54, 1.807) is 0 Å². The third-order valence-electron chi connectivity index (χ3n) is 1.88. The molecule has 1 rings (SSSR count). The average molecular weight is 263 g/mol. The summed E-state index contributed by atoms with van der Waals surface area (Å²) >= 11 is 1.27. The molecule has 5 nitrogen and oxygen atoms in total. The van der Waals surface area contributed by atoms with Crippen LogP contribution in [0, 0.1) is 0 Å². The Morgan fingerprint density at radius 3 is 2.44 bits per heavy atom. The van der Waals surface area contributed by atoms with E-state index in [4.69, 9.17) is 0 Å². The molecule has 0 saturated heterocycles. The van der Waals surface area contributed by atoms with Crippen molar-refractivity contribution in [3.05, 3.63) is 5.82 Å². The monoisotopic (exact) mass is 263 g/mol. The number of aromatic nitrogens is 2. The molecule has 1 aromatic rings. The van der Waals surface area contributed by atoms with Crippen LogP contribution in [0.15, 0.2) is 0 Å². The summed E-state index contributed by atoms with van der Waals surface area (Å²) in [5.74, 6) is 1.18. The Balaban J connectivity index is 2.59. The highest BCUT2D eigenvalue weighted by Gasteiger charge is 2.13. The summed E-state index contributed by atoms with van der Waals surface area (Å²) in [6.45, 7) is 5.86. The molecule has 0 aliphatic carbocycles. The van der Waals surface area contributed by atoms with Gasteiger partial charge in [-0.2, -0.15) is 4.37 Å². The average Bonchev–Trinajstić information content (AvgIpc) is 2.48. The first-order chi connectivity index (χ1) is 7.28. The molecule has 0 saturated carbocycles. The predicted molar refractivity (Wildman–Crippen MR) is 66.8 cm³/mol. The lowest BCUT2D eigenvalue weighted by Gasteiger charge is -2.10. The van der Waals surface area contributed by atoms with Crippen LogP contribution < -0.4 is 5.32 Å². The molecule has 16 heavy (non-hydrogen) atoms. The largest absolute Gasteiger partial charge is 0.357 e. The number of sulfone groups is 1. The molecule has 1 N–H and O–H groups in total. The number of rotatable bonds is 5. The fraction of sp³-hybridized carbons (Fsp3) is 0.778. The van der Waals surface area contributed by atoms with Gasteiger partial charge in [-0.1, -0.05) is 13.8 Å². The van der Waals surface area contributed by atoms with E-state index in [2.05, 4.69) is 14.7 Å². The molecule has 1 unspecified atom stereocenters. The van der Waals surface area contributed by atoms with E-state index in [9.17, 15) is 8.42 Å². The fourth-order valence-electron chi connectivity index (χ4n) is 1.23. The molecular formula is C9H17N3O2S2. The van der Waals surface area contributed by atoms with Gasteiger partial charge in [-0.3, -0.25) is 0 Å². The summed E-state index contributed by atoms with van der Waals surface area (Å²) in [7, 11) is -2.96. The third-order valence-corrected chi connectivity index (χ3v) is 3.65. The lowest BCUT2D eigenvalue weighted by atomic mass is 10.2. The second kappa shape index (κ2) is 5.09. The van der Waals surface area contributed by atoms with Crippen LogP contribution in [0.1, 0.15) is 32.5 Å². The molecule has 0 amide bonds. The molecule has 0 aliphatic rings. The van der Waals surface area contributed by atoms with Crippen molar-refractivity contribution in [2.24, 2.45) is 0 Å². The highest BCUT2D eigenvalue weighted by atomic mass is 32.2. The molecule has 0 fully saturated rings. The van der Waals surface area contributed by atoms with E-state index >= 15 is 0 Å². The molecule has 0 aliphatic heterocycles. The highest BCUT2D eigenvalue weighted by molar-refractivity contribution is 7.90. The topological polar surface area (TPSA) is 72.0 Å². The normalized spacial score (nSPS) is 14.1. The molecule has 0 bridgehead atoms. The van der Waals surface area contributed by atoms with Crippen LogP contribution in [-0.4, -0.2) is 35.8 Å². The van der Waals surface area contributed by atoms with E-state index in [0.29, 0.717) is 5.13 Å². The minimum Gasteiger partial charge on any atom is -0.357 e. The summed E-state index contributed by atoms with van der Waals surface area (Å²) in [5.41, 5.74) is 0. The number of hydrogen-bond acceptors (Lipinski definition) is 6. The molecular weight excluding hydrogens is 246 g/mol. The molecule has 0 spiro atoms. The van der Waals surface area contributed by atoms with Crippen molar-refractivity contribution in [1.29, 1.82) is 0 Å². The van der Waals surface area contributed by atoms with Gasteiger partial charge in [-0.25, -0.2) is 13.4 Å². The van der Waals surface area contributed by atoms with Crippen LogP contribution >= 0.6 is 11.5 Å². The van der Waals surface area contributed by atoms with Crippen LogP contribution in [0.3, 0.4) is 0 Å². The first kappa shape index (κ1) is 13.4. The highest BCUT2D eigenvalue weighted by Crippen LogP contribution is 2.18. The van der Waals surface area contributed by atoms with E-state index in [-0.39, 0.29) is 17.7 Å². The Bertz CT molecular complexity index is 439. The summed E-state index contributed by atoms with van der Waals surface area (Å²) in [5, 5.41) is 3.72. The Kier molecular flexibility index (Phi) is 4.26. The van der Waals surface area contributed by atoms with Crippen LogP contribution in [0.2, 0.25) is 0 Å². The summed E-state index contributed by atoms with van der Waals surface area (Å²) < 4.78 is 26.3. The summed E-state index contributed by atoms with van der Waals surface area (Å²) in [4.78, 5) is 4.28. The Morgan fingerprint density at radius 2 is 2.00 bits per heavy atom. The number of nitrogens with zero attached hydrogens (tertiary/aromatic N) is 2. The zero-order valence-corrected chi connectivity index (χ0v) is 11.5. The van der Waals surface area contributed by atoms with Crippen molar-refractivity contribution in [3.8, 4) is 0 Å². The van der Waals surface area contributed by atoms with E-state index in [0.717, 1.165) is 5.82 Å². The Labute approximate surface area is 100 Å². The second-order valence-electron chi connectivity index (χ2n) is 4.25. The van der Waals surface area contributed by atoms with Gasteiger partial charge >= 0.3 is 0 Å². The zero-order valence-electron chi connectivity index (χ0n) is 9.89. The first-order valence-electron chi connectivity index (χ1n) is 5.06. The van der Waals surface area contributed by atoms with Gasteiger partial charge in [0.05, 0.1) is 5.75 Å². The van der Waals surface area contributed by atoms with Crippen molar-refractivity contribution in [2.75, 3.05) is 17.3 Å². The van der Waals surface area contributed by atoms with Gasteiger partial charge in [-0.05, 0) is 6.92 Å². The van der Waals surface area contributed by atoms with Gasteiger partial charge in [0.2, 0.25) is 5.13 Å². The van der Waals surface area contributed by atoms with Gasteiger partial charge in [-0.15, -0.1) is 0 Å². The first-order valence-corrected chi connectivity index (χ1v) is 7.89. The standard InChI is InChI=1S/C9H17N3O2S2/c1-6(2)8-11-9(15-12-8)10-7(3)5-16(4,13)14/h6-7H,5H2,1-4H3,(H,10,11,12). The molecule has 0 radical (unpaired) electrons. The third kappa shape index (κ3) is 4.44. The minimum absolute atomic E-state index is 0.101. The fourth-order valence-corrected chi connectivity index (χ4v) is 3.05. The van der Waals surface area contributed by atoms with Gasteiger partial charge in [0.25, 0.3) is 0 Å². The van der Waals surface area contributed by atoms with Gasteiger partial charge in [0, 0.05) is 29.7 Å². The van der Waals surface area contributed by atoms with Gasteiger partial charge in [0.1, 0.15) is 15.7 Å². The number of anilines is 1. The maximum absolute atomic E-state index is 11.1. The molecule has 1 aromatic heterocycles. The van der Waals surface area contributed by atoms with Gasteiger partial charge < -0.3 is 5.32 Å². The van der Waals surface area contributed by atoms with Crippen molar-refractivity contribution in [1.82, 2.24) is 9.36 Å². The Morgan fingerprint density at radius 1 is 1.38 bits per heavy atom. The molecule has 0 aromatic carbocycles. The summed E-state index contributed by atoms with van der Waals surface area (Å²) in [6.07, 6.45) is 1.23.